The van der Waals surface area contributed by atoms with Gasteiger partial charge in [0.1, 0.15) is 0 Å². The van der Waals surface area contributed by atoms with Gasteiger partial charge in [0, 0.05) is 5.33 Å². The summed E-state index contributed by atoms with van der Waals surface area (Å²) in [5.41, 5.74) is 5.44. The van der Waals surface area contributed by atoms with Crippen molar-refractivity contribution in [3.8, 4) is 0 Å². The monoisotopic (exact) mass is 252 g/mol. The summed E-state index contributed by atoms with van der Waals surface area (Å²) >= 11 is 3.43. The molecule has 1 aromatic carbocycles. The summed E-state index contributed by atoms with van der Waals surface area (Å²) in [5, 5.41) is 1.04. The minimum Gasteiger partial charge on any atom is -0.0925 e. The van der Waals surface area contributed by atoms with E-state index in [4.69, 9.17) is 0 Å². The van der Waals surface area contributed by atoms with Crippen LogP contribution in [0.4, 0.5) is 0 Å². The minimum atomic E-state index is 1.04. The molecular formula is C13H17Br. The molecule has 0 atom stereocenters. The van der Waals surface area contributed by atoms with E-state index in [1.54, 1.807) is 0 Å². The van der Waals surface area contributed by atoms with Gasteiger partial charge in [0.25, 0.3) is 0 Å². The maximum Gasteiger partial charge on any atom is 0.00661 e. The number of aryl methyl sites for hydroxylation is 2. The van der Waals surface area contributed by atoms with Gasteiger partial charge in [0.2, 0.25) is 0 Å². The summed E-state index contributed by atoms with van der Waals surface area (Å²) < 4.78 is 0. The standard InChI is InChI=1S/C13H17Br/c1-10-6-7-13(9-12(10)3)11(2)5-4-8-14/h5-7,9H,4,8H2,1-3H3/b11-5+. The number of rotatable bonds is 3. The second kappa shape index (κ2) is 5.35. The van der Waals surface area contributed by atoms with Crippen LogP contribution in [0.25, 0.3) is 5.57 Å². The Morgan fingerprint density at radius 3 is 2.57 bits per heavy atom. The smallest absolute Gasteiger partial charge is 0.00661 e. The third kappa shape index (κ3) is 2.98. The Bertz CT molecular complexity index is 337. The highest BCUT2D eigenvalue weighted by Crippen LogP contribution is 2.18. The number of hydrogen-bond acceptors (Lipinski definition) is 0. The number of hydrogen-bond donors (Lipinski definition) is 0. The molecule has 0 nitrogen and oxygen atoms in total. The van der Waals surface area contributed by atoms with Crippen LogP contribution in [0.1, 0.15) is 30.0 Å². The van der Waals surface area contributed by atoms with Gasteiger partial charge in [-0.05, 0) is 49.5 Å². The molecule has 0 bridgehead atoms. The van der Waals surface area contributed by atoms with Crippen molar-refractivity contribution in [1.82, 2.24) is 0 Å². The molecule has 1 rings (SSSR count). The highest BCUT2D eigenvalue weighted by atomic mass is 79.9. The lowest BCUT2D eigenvalue weighted by Gasteiger charge is -2.05. The first-order valence-corrected chi connectivity index (χ1v) is 6.07. The summed E-state index contributed by atoms with van der Waals surface area (Å²) in [6, 6.07) is 6.65. The van der Waals surface area contributed by atoms with Crippen molar-refractivity contribution in [3.05, 3.63) is 41.0 Å². The molecule has 0 spiro atoms. The van der Waals surface area contributed by atoms with E-state index < -0.39 is 0 Å². The summed E-state index contributed by atoms with van der Waals surface area (Å²) in [6.07, 6.45) is 3.37. The fourth-order valence-electron chi connectivity index (χ4n) is 1.38. The zero-order valence-corrected chi connectivity index (χ0v) is 10.7. The van der Waals surface area contributed by atoms with Gasteiger partial charge in [-0.25, -0.2) is 0 Å². The minimum absolute atomic E-state index is 1.04. The molecule has 0 fully saturated rings. The average molecular weight is 253 g/mol. The molecular weight excluding hydrogens is 236 g/mol. The molecule has 0 aliphatic rings. The van der Waals surface area contributed by atoms with Crippen LogP contribution in [0.5, 0.6) is 0 Å². The highest BCUT2D eigenvalue weighted by Gasteiger charge is 1.97. The topological polar surface area (TPSA) is 0 Å². The van der Waals surface area contributed by atoms with Crippen molar-refractivity contribution in [2.75, 3.05) is 5.33 Å². The van der Waals surface area contributed by atoms with Crippen molar-refractivity contribution in [2.45, 2.75) is 27.2 Å². The van der Waals surface area contributed by atoms with E-state index >= 15 is 0 Å². The lowest BCUT2D eigenvalue weighted by Crippen LogP contribution is -1.85. The van der Waals surface area contributed by atoms with E-state index in [-0.39, 0.29) is 0 Å². The highest BCUT2D eigenvalue weighted by molar-refractivity contribution is 9.09. The van der Waals surface area contributed by atoms with E-state index in [9.17, 15) is 0 Å². The van der Waals surface area contributed by atoms with Crippen molar-refractivity contribution >= 4 is 21.5 Å². The molecule has 1 heteroatoms. The van der Waals surface area contributed by atoms with Gasteiger partial charge < -0.3 is 0 Å². The molecule has 0 amide bonds. The molecule has 0 saturated heterocycles. The molecule has 14 heavy (non-hydrogen) atoms. The van der Waals surface area contributed by atoms with Gasteiger partial charge in [0.15, 0.2) is 0 Å². The fraction of sp³-hybridized carbons (Fsp3) is 0.385. The predicted molar refractivity (Wildman–Crippen MR) is 68.0 cm³/mol. The zero-order valence-electron chi connectivity index (χ0n) is 9.10. The Labute approximate surface area is 95.2 Å². The summed E-state index contributed by atoms with van der Waals surface area (Å²) in [4.78, 5) is 0. The SMILES string of the molecule is C/C(=C\CCBr)c1ccc(C)c(C)c1. The fourth-order valence-corrected chi connectivity index (χ4v) is 1.60. The molecule has 76 valence electrons. The van der Waals surface area contributed by atoms with Gasteiger partial charge in [-0.3, -0.25) is 0 Å². The summed E-state index contributed by atoms with van der Waals surface area (Å²) in [6.45, 7) is 6.49. The quantitative estimate of drug-likeness (QED) is 0.696. The van der Waals surface area contributed by atoms with Crippen molar-refractivity contribution < 1.29 is 0 Å². The van der Waals surface area contributed by atoms with E-state index in [0.717, 1.165) is 11.8 Å². The lowest BCUT2D eigenvalue weighted by molar-refractivity contribution is 1.25. The first-order chi connectivity index (χ1) is 6.65. The van der Waals surface area contributed by atoms with E-state index in [0.29, 0.717) is 0 Å². The molecule has 0 aliphatic carbocycles. The lowest BCUT2D eigenvalue weighted by atomic mass is 10.0. The Morgan fingerprint density at radius 1 is 1.29 bits per heavy atom. The van der Waals surface area contributed by atoms with Gasteiger partial charge in [-0.1, -0.05) is 40.2 Å². The Hall–Kier alpha value is -0.560. The van der Waals surface area contributed by atoms with E-state index in [1.807, 2.05) is 0 Å². The maximum absolute atomic E-state index is 3.43. The van der Waals surface area contributed by atoms with Crippen molar-refractivity contribution in [1.29, 1.82) is 0 Å². The van der Waals surface area contributed by atoms with Crippen LogP contribution in [-0.2, 0) is 0 Å². The maximum atomic E-state index is 3.43. The third-order valence-corrected chi connectivity index (χ3v) is 2.98. The van der Waals surface area contributed by atoms with E-state index in [1.165, 1.54) is 22.3 Å². The molecule has 1 aromatic rings. The van der Waals surface area contributed by atoms with Crippen LogP contribution in [0.2, 0.25) is 0 Å². The van der Waals surface area contributed by atoms with E-state index in [2.05, 4.69) is 61.0 Å². The molecule has 0 aromatic heterocycles. The molecule has 0 radical (unpaired) electrons. The first-order valence-electron chi connectivity index (χ1n) is 4.95. The van der Waals surface area contributed by atoms with Crippen LogP contribution in [0, 0.1) is 13.8 Å². The second-order valence-electron chi connectivity index (χ2n) is 3.66. The van der Waals surface area contributed by atoms with Crippen LogP contribution >= 0.6 is 15.9 Å². The van der Waals surface area contributed by atoms with Crippen LogP contribution in [0.15, 0.2) is 24.3 Å². The van der Waals surface area contributed by atoms with Crippen LogP contribution in [-0.4, -0.2) is 5.33 Å². The van der Waals surface area contributed by atoms with Crippen molar-refractivity contribution in [3.63, 3.8) is 0 Å². The van der Waals surface area contributed by atoms with Crippen LogP contribution < -0.4 is 0 Å². The third-order valence-electron chi connectivity index (χ3n) is 2.52. The van der Waals surface area contributed by atoms with Gasteiger partial charge in [-0.2, -0.15) is 0 Å². The molecule has 0 saturated carbocycles. The summed E-state index contributed by atoms with van der Waals surface area (Å²) in [5.74, 6) is 0. The number of allylic oxidation sites excluding steroid dienone is 2. The average Bonchev–Trinajstić information content (AvgIpc) is 2.18. The Morgan fingerprint density at radius 2 is 2.00 bits per heavy atom. The normalized spacial score (nSPS) is 11.9. The first kappa shape index (κ1) is 11.5. The predicted octanol–water partition coefficient (Wildman–Crippen LogP) is 4.49. The number of alkyl halides is 1. The van der Waals surface area contributed by atoms with Crippen molar-refractivity contribution in [2.24, 2.45) is 0 Å². The Balaban J connectivity index is 2.91. The summed E-state index contributed by atoms with van der Waals surface area (Å²) in [7, 11) is 0. The van der Waals surface area contributed by atoms with Gasteiger partial charge in [0.05, 0.1) is 0 Å². The molecule has 0 unspecified atom stereocenters. The Kier molecular flexibility index (Phi) is 4.40. The molecule has 0 heterocycles. The van der Waals surface area contributed by atoms with Gasteiger partial charge >= 0.3 is 0 Å². The van der Waals surface area contributed by atoms with Gasteiger partial charge in [-0.15, -0.1) is 0 Å². The number of benzene rings is 1. The largest absolute Gasteiger partial charge is 0.0925 e. The number of halogens is 1. The zero-order chi connectivity index (χ0) is 10.6. The molecule has 0 N–H and O–H groups in total. The second-order valence-corrected chi connectivity index (χ2v) is 4.46. The van der Waals surface area contributed by atoms with Crippen LogP contribution in [0.3, 0.4) is 0 Å². The molecule has 0 aliphatic heterocycles.